The molecule has 0 spiro atoms. The fourth-order valence-corrected chi connectivity index (χ4v) is 1.89. The van der Waals surface area contributed by atoms with Crippen molar-refractivity contribution in [3.8, 4) is 11.1 Å². The Bertz CT molecular complexity index is 709. The molecular weight excluding hydrogens is 238 g/mol. The van der Waals surface area contributed by atoms with Crippen molar-refractivity contribution in [3.63, 3.8) is 0 Å². The van der Waals surface area contributed by atoms with E-state index in [2.05, 4.69) is 10.2 Å². The molecule has 0 radical (unpaired) electrons. The van der Waals surface area contributed by atoms with Crippen LogP contribution in [-0.2, 0) is 0 Å². The number of fused-ring (bicyclic) bond motifs is 1. The standard InChI is InChI=1S/C15H11N3O/c19-18-11-5-4-8-15(18)17-16-14-10-9-12-6-2-1-3-7-13(12)14/h1-11H. The van der Waals surface area contributed by atoms with Crippen molar-refractivity contribution in [3.05, 3.63) is 72.1 Å². The van der Waals surface area contributed by atoms with Crippen LogP contribution < -0.4 is 4.73 Å². The lowest BCUT2D eigenvalue weighted by molar-refractivity contribution is -0.591. The first-order valence-corrected chi connectivity index (χ1v) is 5.92. The molecule has 0 amide bonds. The molecule has 4 heteroatoms. The van der Waals surface area contributed by atoms with Crippen LogP contribution in [0.2, 0.25) is 0 Å². The summed E-state index contributed by atoms with van der Waals surface area (Å²) < 4.78 is 0.689. The lowest BCUT2D eigenvalue weighted by atomic mass is 10.2. The molecule has 4 nitrogen and oxygen atoms in total. The van der Waals surface area contributed by atoms with E-state index < -0.39 is 0 Å². The van der Waals surface area contributed by atoms with Crippen LogP contribution in [0.1, 0.15) is 0 Å². The van der Waals surface area contributed by atoms with Crippen LogP contribution >= 0.6 is 0 Å². The van der Waals surface area contributed by atoms with Crippen molar-refractivity contribution in [1.29, 1.82) is 0 Å². The number of aromatic nitrogens is 1. The SMILES string of the molecule is [O-][n+]1ccccc1N=Nc1ccc2cccccc1-2. The highest BCUT2D eigenvalue weighted by Gasteiger charge is 2.09. The minimum Gasteiger partial charge on any atom is -0.710 e. The molecule has 0 N–H and O–H groups in total. The first-order valence-electron chi connectivity index (χ1n) is 5.92. The molecule has 92 valence electrons. The van der Waals surface area contributed by atoms with Crippen LogP contribution in [0.15, 0.2) is 77.1 Å². The maximum atomic E-state index is 11.5. The van der Waals surface area contributed by atoms with Gasteiger partial charge in [-0.05, 0) is 22.8 Å². The van der Waals surface area contributed by atoms with E-state index in [1.165, 1.54) is 6.20 Å². The molecule has 2 aliphatic carbocycles. The average molecular weight is 249 g/mol. The fourth-order valence-electron chi connectivity index (χ4n) is 1.89. The second-order valence-corrected chi connectivity index (χ2v) is 4.08. The van der Waals surface area contributed by atoms with Crippen molar-refractivity contribution in [2.24, 2.45) is 10.2 Å². The quantitative estimate of drug-likeness (QED) is 0.386. The van der Waals surface area contributed by atoms with E-state index in [1.807, 2.05) is 42.5 Å². The number of pyridine rings is 1. The summed E-state index contributed by atoms with van der Waals surface area (Å²) in [7, 11) is 0. The molecule has 0 atom stereocenters. The second-order valence-electron chi connectivity index (χ2n) is 4.08. The molecule has 0 aromatic carbocycles. The summed E-state index contributed by atoms with van der Waals surface area (Å²) >= 11 is 0. The van der Waals surface area contributed by atoms with E-state index in [-0.39, 0.29) is 5.82 Å². The lowest BCUT2D eigenvalue weighted by Gasteiger charge is -1.99. The highest BCUT2D eigenvalue weighted by molar-refractivity contribution is 5.78. The Morgan fingerprint density at radius 1 is 0.789 bits per heavy atom. The van der Waals surface area contributed by atoms with Crippen molar-refractivity contribution in [1.82, 2.24) is 0 Å². The smallest absolute Gasteiger partial charge is 0.353 e. The number of rotatable bonds is 2. The Morgan fingerprint density at radius 2 is 1.63 bits per heavy atom. The van der Waals surface area contributed by atoms with Gasteiger partial charge in [-0.1, -0.05) is 42.5 Å². The number of hydrogen-bond acceptors (Lipinski definition) is 3. The van der Waals surface area contributed by atoms with Crippen molar-refractivity contribution < 1.29 is 4.73 Å². The summed E-state index contributed by atoms with van der Waals surface area (Å²) in [5.74, 6) is 0.275. The largest absolute Gasteiger partial charge is 0.710 e. The van der Waals surface area contributed by atoms with E-state index in [0.717, 1.165) is 16.8 Å². The van der Waals surface area contributed by atoms with Crippen molar-refractivity contribution in [2.75, 3.05) is 0 Å². The number of hydrogen-bond donors (Lipinski definition) is 0. The van der Waals surface area contributed by atoms with Crippen LogP contribution in [0.4, 0.5) is 11.5 Å². The van der Waals surface area contributed by atoms with Crippen molar-refractivity contribution in [2.45, 2.75) is 0 Å². The third-order valence-corrected chi connectivity index (χ3v) is 2.83. The molecule has 3 rings (SSSR count). The Morgan fingerprint density at radius 3 is 2.53 bits per heavy atom. The molecule has 0 unspecified atom stereocenters. The predicted molar refractivity (Wildman–Crippen MR) is 72.6 cm³/mol. The molecule has 0 saturated heterocycles. The first kappa shape index (κ1) is 11.3. The molecule has 0 aliphatic heterocycles. The fraction of sp³-hybridized carbons (Fsp3) is 0. The summed E-state index contributed by atoms with van der Waals surface area (Å²) in [6.07, 6.45) is 1.40. The third kappa shape index (κ3) is 2.28. The van der Waals surface area contributed by atoms with Crippen LogP contribution in [0.3, 0.4) is 0 Å². The molecule has 1 heterocycles. The molecule has 19 heavy (non-hydrogen) atoms. The molecular formula is C15H11N3O. The Balaban J connectivity index is 1.98. The highest BCUT2D eigenvalue weighted by Crippen LogP contribution is 2.33. The van der Waals surface area contributed by atoms with Gasteiger partial charge < -0.3 is 5.21 Å². The van der Waals surface area contributed by atoms with Crippen LogP contribution in [0.25, 0.3) is 11.1 Å². The van der Waals surface area contributed by atoms with E-state index >= 15 is 0 Å². The molecule has 1 aromatic rings. The number of azo groups is 1. The highest BCUT2D eigenvalue weighted by atomic mass is 16.5. The van der Waals surface area contributed by atoms with Crippen LogP contribution in [-0.4, -0.2) is 0 Å². The van der Waals surface area contributed by atoms with E-state index in [9.17, 15) is 5.21 Å². The van der Waals surface area contributed by atoms with Crippen LogP contribution in [0, 0.1) is 5.21 Å². The van der Waals surface area contributed by atoms with E-state index in [4.69, 9.17) is 0 Å². The zero-order valence-corrected chi connectivity index (χ0v) is 10.1. The van der Waals surface area contributed by atoms with Gasteiger partial charge in [0.1, 0.15) is 5.69 Å². The topological polar surface area (TPSA) is 51.7 Å². The minimum atomic E-state index is 0.275. The molecule has 2 aliphatic rings. The van der Waals surface area contributed by atoms with Gasteiger partial charge in [0.15, 0.2) is 0 Å². The van der Waals surface area contributed by atoms with Gasteiger partial charge in [0.05, 0.1) is 11.3 Å². The Hall–Kier alpha value is -2.75. The maximum Gasteiger partial charge on any atom is 0.353 e. The zero-order chi connectivity index (χ0) is 13.1. The molecule has 0 bridgehead atoms. The van der Waals surface area contributed by atoms with Gasteiger partial charge >= 0.3 is 5.82 Å². The average Bonchev–Trinajstić information content (AvgIpc) is 2.66. The van der Waals surface area contributed by atoms with Crippen LogP contribution in [0.5, 0.6) is 0 Å². The monoisotopic (exact) mass is 249 g/mol. The summed E-state index contributed by atoms with van der Waals surface area (Å²) in [5, 5.41) is 19.6. The van der Waals surface area contributed by atoms with Gasteiger partial charge in [-0.15, -0.1) is 0 Å². The summed E-state index contributed by atoms with van der Waals surface area (Å²) in [5.41, 5.74) is 2.87. The maximum absolute atomic E-state index is 11.5. The normalized spacial score (nSPS) is 11.2. The summed E-state index contributed by atoms with van der Waals surface area (Å²) in [6, 6.07) is 18.8. The van der Waals surface area contributed by atoms with E-state index in [1.54, 1.807) is 18.2 Å². The molecule has 1 aromatic heterocycles. The van der Waals surface area contributed by atoms with Gasteiger partial charge in [0.2, 0.25) is 0 Å². The molecule has 0 fully saturated rings. The van der Waals surface area contributed by atoms with Gasteiger partial charge in [0.25, 0.3) is 0 Å². The van der Waals surface area contributed by atoms with E-state index in [0.29, 0.717) is 4.73 Å². The molecule has 0 saturated carbocycles. The predicted octanol–water partition coefficient (Wildman–Crippen LogP) is 3.84. The first-order chi connectivity index (χ1) is 9.34. The van der Waals surface area contributed by atoms with Gasteiger partial charge in [-0.25, -0.2) is 4.73 Å². The van der Waals surface area contributed by atoms with Gasteiger partial charge in [-0.3, -0.25) is 0 Å². The summed E-state index contributed by atoms with van der Waals surface area (Å²) in [6.45, 7) is 0. The lowest BCUT2D eigenvalue weighted by Crippen LogP contribution is -2.24. The zero-order valence-electron chi connectivity index (χ0n) is 10.1. The Labute approximate surface area is 110 Å². The van der Waals surface area contributed by atoms with Gasteiger partial charge in [0, 0.05) is 11.6 Å². The summed E-state index contributed by atoms with van der Waals surface area (Å²) in [4.78, 5) is 0. The van der Waals surface area contributed by atoms with Crippen molar-refractivity contribution >= 4 is 11.5 Å². The third-order valence-electron chi connectivity index (χ3n) is 2.83. The number of nitrogens with zero attached hydrogens (tertiary/aromatic N) is 3. The minimum absolute atomic E-state index is 0.275. The van der Waals surface area contributed by atoms with Gasteiger partial charge in [-0.2, -0.15) is 0 Å². The Kier molecular flexibility index (Phi) is 2.90. The second kappa shape index (κ2) is 4.86.